The Hall–Kier alpha value is -1.88. The summed E-state index contributed by atoms with van der Waals surface area (Å²) in [6.45, 7) is 3.91. The standard InChI is InChI=1S/C13H15N3OS/c1-9-8-18-13(14-9)16-15-10(2)11-4-6-12(17-3)7-5-11/h4-8H,1-3H3,(H,14,16)/b15-10-. The zero-order valence-electron chi connectivity index (χ0n) is 10.6. The quantitative estimate of drug-likeness (QED) is 0.678. The molecule has 1 N–H and O–H groups in total. The fourth-order valence-corrected chi connectivity index (χ4v) is 2.06. The van der Waals surface area contributed by atoms with Gasteiger partial charge in [-0.15, -0.1) is 11.3 Å². The van der Waals surface area contributed by atoms with Crippen molar-refractivity contribution in [1.29, 1.82) is 0 Å². The van der Waals surface area contributed by atoms with Crippen LogP contribution in [0.5, 0.6) is 5.75 Å². The van der Waals surface area contributed by atoms with E-state index < -0.39 is 0 Å². The van der Waals surface area contributed by atoms with E-state index in [1.165, 1.54) is 0 Å². The van der Waals surface area contributed by atoms with Crippen molar-refractivity contribution in [1.82, 2.24) is 4.98 Å². The highest BCUT2D eigenvalue weighted by Crippen LogP contribution is 2.15. The number of benzene rings is 1. The third-order valence-electron chi connectivity index (χ3n) is 2.45. The first-order valence-corrected chi connectivity index (χ1v) is 6.44. The summed E-state index contributed by atoms with van der Waals surface area (Å²) in [4.78, 5) is 4.28. The van der Waals surface area contributed by atoms with Crippen molar-refractivity contribution >= 4 is 22.2 Å². The average molecular weight is 261 g/mol. The van der Waals surface area contributed by atoms with Crippen LogP contribution in [0.1, 0.15) is 18.2 Å². The number of nitrogens with one attached hydrogen (secondary N) is 1. The molecular formula is C13H15N3OS. The topological polar surface area (TPSA) is 46.5 Å². The van der Waals surface area contributed by atoms with Crippen molar-refractivity contribution in [3.8, 4) is 5.75 Å². The Morgan fingerprint density at radius 1 is 1.33 bits per heavy atom. The maximum atomic E-state index is 5.12. The molecule has 18 heavy (non-hydrogen) atoms. The summed E-state index contributed by atoms with van der Waals surface area (Å²) in [7, 11) is 1.66. The second-order valence-electron chi connectivity index (χ2n) is 3.83. The third kappa shape index (κ3) is 3.07. The van der Waals surface area contributed by atoms with Crippen molar-refractivity contribution in [2.24, 2.45) is 5.10 Å². The first-order chi connectivity index (χ1) is 8.69. The predicted molar refractivity (Wildman–Crippen MR) is 75.7 cm³/mol. The number of ether oxygens (including phenoxy) is 1. The SMILES string of the molecule is COc1ccc(/C(C)=N\Nc2nc(C)cs2)cc1. The molecule has 2 rings (SSSR count). The van der Waals surface area contributed by atoms with Crippen LogP contribution in [0, 0.1) is 6.92 Å². The molecule has 0 saturated carbocycles. The van der Waals surface area contributed by atoms with Crippen LogP contribution in [0.2, 0.25) is 0 Å². The molecule has 0 aliphatic carbocycles. The minimum absolute atomic E-state index is 0.806. The van der Waals surface area contributed by atoms with E-state index in [9.17, 15) is 0 Å². The highest BCUT2D eigenvalue weighted by Gasteiger charge is 1.99. The minimum Gasteiger partial charge on any atom is -0.497 e. The molecule has 0 unspecified atom stereocenters. The maximum Gasteiger partial charge on any atom is 0.203 e. The van der Waals surface area contributed by atoms with E-state index in [1.54, 1.807) is 18.4 Å². The van der Waals surface area contributed by atoms with Crippen LogP contribution in [0.25, 0.3) is 0 Å². The van der Waals surface area contributed by atoms with Gasteiger partial charge in [0.15, 0.2) is 0 Å². The lowest BCUT2D eigenvalue weighted by Gasteiger charge is -2.03. The fraction of sp³-hybridized carbons (Fsp3) is 0.231. The number of hydrazone groups is 1. The highest BCUT2D eigenvalue weighted by atomic mass is 32.1. The number of rotatable bonds is 4. The number of hydrogen-bond donors (Lipinski definition) is 1. The second-order valence-corrected chi connectivity index (χ2v) is 4.69. The van der Waals surface area contributed by atoms with E-state index >= 15 is 0 Å². The van der Waals surface area contributed by atoms with Crippen molar-refractivity contribution < 1.29 is 4.74 Å². The first-order valence-electron chi connectivity index (χ1n) is 5.56. The van der Waals surface area contributed by atoms with Gasteiger partial charge in [-0.25, -0.2) is 4.98 Å². The van der Waals surface area contributed by atoms with E-state index in [4.69, 9.17) is 4.74 Å². The summed E-state index contributed by atoms with van der Waals surface area (Å²) in [6, 6.07) is 7.79. The number of anilines is 1. The average Bonchev–Trinajstić information content (AvgIpc) is 2.82. The van der Waals surface area contributed by atoms with Crippen LogP contribution < -0.4 is 10.2 Å². The lowest BCUT2D eigenvalue weighted by molar-refractivity contribution is 0.415. The van der Waals surface area contributed by atoms with Crippen molar-refractivity contribution in [3.63, 3.8) is 0 Å². The van der Waals surface area contributed by atoms with Gasteiger partial charge in [0.05, 0.1) is 18.5 Å². The summed E-state index contributed by atoms with van der Waals surface area (Å²) in [6.07, 6.45) is 0. The molecule has 1 heterocycles. The molecule has 0 aliphatic heterocycles. The Bertz CT molecular complexity index is 546. The Morgan fingerprint density at radius 2 is 2.06 bits per heavy atom. The van der Waals surface area contributed by atoms with Gasteiger partial charge < -0.3 is 4.74 Å². The Labute approximate surface area is 110 Å². The maximum absolute atomic E-state index is 5.12. The van der Waals surface area contributed by atoms with Gasteiger partial charge in [0.1, 0.15) is 5.75 Å². The molecular weight excluding hydrogens is 246 g/mol. The Morgan fingerprint density at radius 3 is 2.61 bits per heavy atom. The molecule has 1 aromatic carbocycles. The normalized spacial score (nSPS) is 11.4. The highest BCUT2D eigenvalue weighted by molar-refractivity contribution is 7.13. The molecule has 0 spiro atoms. The van der Waals surface area contributed by atoms with Gasteiger partial charge in [-0.3, -0.25) is 5.43 Å². The molecule has 1 aromatic heterocycles. The van der Waals surface area contributed by atoms with Crippen LogP contribution in [-0.2, 0) is 0 Å². The number of nitrogens with zero attached hydrogens (tertiary/aromatic N) is 2. The Kier molecular flexibility index (Phi) is 3.94. The van der Waals surface area contributed by atoms with Crippen molar-refractivity contribution in [3.05, 3.63) is 40.9 Å². The molecule has 0 bridgehead atoms. The molecule has 0 atom stereocenters. The minimum atomic E-state index is 0.806. The first kappa shape index (κ1) is 12.6. The zero-order chi connectivity index (χ0) is 13.0. The molecule has 0 amide bonds. The van der Waals surface area contributed by atoms with Gasteiger partial charge in [0, 0.05) is 5.38 Å². The third-order valence-corrected chi connectivity index (χ3v) is 3.31. The van der Waals surface area contributed by atoms with E-state index in [0.29, 0.717) is 0 Å². The fourth-order valence-electron chi connectivity index (χ4n) is 1.43. The molecule has 4 nitrogen and oxygen atoms in total. The van der Waals surface area contributed by atoms with Crippen molar-refractivity contribution in [2.45, 2.75) is 13.8 Å². The van der Waals surface area contributed by atoms with E-state index in [0.717, 1.165) is 27.9 Å². The van der Waals surface area contributed by atoms with E-state index in [-0.39, 0.29) is 0 Å². The van der Waals surface area contributed by atoms with Crippen LogP contribution in [0.15, 0.2) is 34.7 Å². The summed E-state index contributed by atoms with van der Waals surface area (Å²) >= 11 is 1.54. The van der Waals surface area contributed by atoms with Gasteiger partial charge in [0.25, 0.3) is 0 Å². The molecule has 0 saturated heterocycles. The molecule has 94 valence electrons. The zero-order valence-corrected chi connectivity index (χ0v) is 11.4. The van der Waals surface area contributed by atoms with Gasteiger partial charge in [0.2, 0.25) is 5.13 Å². The van der Waals surface area contributed by atoms with Crippen LogP contribution in [0.3, 0.4) is 0 Å². The summed E-state index contributed by atoms with van der Waals surface area (Å²) in [5.74, 6) is 0.843. The lowest BCUT2D eigenvalue weighted by atomic mass is 10.1. The molecule has 2 aromatic rings. The van der Waals surface area contributed by atoms with Gasteiger partial charge in [-0.05, 0) is 43.7 Å². The van der Waals surface area contributed by atoms with E-state index in [2.05, 4.69) is 15.5 Å². The number of methoxy groups -OCH3 is 1. The van der Waals surface area contributed by atoms with Crippen LogP contribution >= 0.6 is 11.3 Å². The van der Waals surface area contributed by atoms with Gasteiger partial charge >= 0.3 is 0 Å². The smallest absolute Gasteiger partial charge is 0.203 e. The van der Waals surface area contributed by atoms with Crippen molar-refractivity contribution in [2.75, 3.05) is 12.5 Å². The molecule has 0 radical (unpaired) electrons. The number of thiazole rings is 1. The van der Waals surface area contributed by atoms with Gasteiger partial charge in [-0.2, -0.15) is 5.10 Å². The summed E-state index contributed by atoms with van der Waals surface area (Å²) < 4.78 is 5.12. The number of aryl methyl sites for hydroxylation is 1. The van der Waals surface area contributed by atoms with E-state index in [1.807, 2.05) is 43.5 Å². The van der Waals surface area contributed by atoms with Crippen LogP contribution in [0.4, 0.5) is 5.13 Å². The second kappa shape index (κ2) is 5.64. The monoisotopic (exact) mass is 261 g/mol. The number of aromatic nitrogens is 1. The molecule has 0 aliphatic rings. The molecule has 0 fully saturated rings. The summed E-state index contributed by atoms with van der Waals surface area (Å²) in [5, 5.41) is 7.10. The predicted octanol–water partition coefficient (Wildman–Crippen LogP) is 3.30. The number of hydrogen-bond acceptors (Lipinski definition) is 5. The van der Waals surface area contributed by atoms with Crippen LogP contribution in [-0.4, -0.2) is 17.8 Å². The largest absolute Gasteiger partial charge is 0.497 e. The lowest BCUT2D eigenvalue weighted by Crippen LogP contribution is -1.99. The Balaban J connectivity index is 2.07. The summed E-state index contributed by atoms with van der Waals surface area (Å²) in [5.41, 5.74) is 5.92. The molecule has 5 heteroatoms. The van der Waals surface area contributed by atoms with Gasteiger partial charge in [-0.1, -0.05) is 0 Å².